The van der Waals surface area contributed by atoms with Gasteiger partial charge in [-0.2, -0.15) is 0 Å². The molecule has 1 aromatic heterocycles. The zero-order valence-electron chi connectivity index (χ0n) is 9.72. The van der Waals surface area contributed by atoms with Crippen molar-refractivity contribution in [2.75, 3.05) is 6.54 Å². The SMILES string of the molecule is CCCC1NCCc2c1[nH]c1ccccc21. The van der Waals surface area contributed by atoms with E-state index in [0.29, 0.717) is 6.04 Å². The molecule has 1 aromatic carbocycles. The number of rotatable bonds is 2. The van der Waals surface area contributed by atoms with Gasteiger partial charge in [0.05, 0.1) is 0 Å². The van der Waals surface area contributed by atoms with Crippen molar-refractivity contribution in [3.05, 3.63) is 35.5 Å². The third kappa shape index (κ3) is 1.45. The number of aromatic nitrogens is 1. The summed E-state index contributed by atoms with van der Waals surface area (Å²) in [5, 5.41) is 5.02. The van der Waals surface area contributed by atoms with Crippen molar-refractivity contribution in [1.29, 1.82) is 0 Å². The highest BCUT2D eigenvalue weighted by Gasteiger charge is 2.22. The molecule has 0 saturated heterocycles. The molecule has 0 fully saturated rings. The van der Waals surface area contributed by atoms with E-state index in [2.05, 4.69) is 41.5 Å². The number of aromatic amines is 1. The van der Waals surface area contributed by atoms with Crippen LogP contribution < -0.4 is 5.32 Å². The maximum atomic E-state index is 3.61. The van der Waals surface area contributed by atoms with Crippen LogP contribution in [-0.4, -0.2) is 11.5 Å². The fraction of sp³-hybridized carbons (Fsp3) is 0.429. The average molecular weight is 214 g/mol. The van der Waals surface area contributed by atoms with Crippen molar-refractivity contribution >= 4 is 10.9 Å². The van der Waals surface area contributed by atoms with E-state index in [4.69, 9.17) is 0 Å². The van der Waals surface area contributed by atoms with Gasteiger partial charge in [0.1, 0.15) is 0 Å². The van der Waals surface area contributed by atoms with E-state index < -0.39 is 0 Å². The summed E-state index contributed by atoms with van der Waals surface area (Å²) in [4.78, 5) is 3.59. The molecule has 2 heteroatoms. The van der Waals surface area contributed by atoms with E-state index in [1.807, 2.05) is 0 Å². The predicted octanol–water partition coefficient (Wildman–Crippen LogP) is 3.15. The first kappa shape index (κ1) is 9.91. The van der Waals surface area contributed by atoms with E-state index in [9.17, 15) is 0 Å². The molecule has 1 aliphatic heterocycles. The van der Waals surface area contributed by atoms with Crippen LogP contribution in [0.25, 0.3) is 10.9 Å². The molecule has 3 rings (SSSR count). The number of hydrogen-bond acceptors (Lipinski definition) is 1. The molecular weight excluding hydrogens is 196 g/mol. The molecule has 1 aliphatic rings. The van der Waals surface area contributed by atoms with Crippen LogP contribution in [-0.2, 0) is 6.42 Å². The fourth-order valence-corrected chi connectivity index (χ4v) is 2.80. The zero-order valence-corrected chi connectivity index (χ0v) is 9.72. The van der Waals surface area contributed by atoms with Gasteiger partial charge in [0.2, 0.25) is 0 Å². The Hall–Kier alpha value is -1.28. The minimum atomic E-state index is 0.529. The normalized spacial score (nSPS) is 19.9. The summed E-state index contributed by atoms with van der Waals surface area (Å²) < 4.78 is 0. The number of fused-ring (bicyclic) bond motifs is 3. The van der Waals surface area contributed by atoms with Gasteiger partial charge in [0.15, 0.2) is 0 Å². The van der Waals surface area contributed by atoms with E-state index in [0.717, 1.165) is 13.0 Å². The van der Waals surface area contributed by atoms with Crippen LogP contribution in [0.15, 0.2) is 24.3 Å². The first-order valence-electron chi connectivity index (χ1n) is 6.23. The third-order valence-electron chi connectivity index (χ3n) is 3.54. The molecule has 16 heavy (non-hydrogen) atoms. The summed E-state index contributed by atoms with van der Waals surface area (Å²) in [6.07, 6.45) is 3.60. The van der Waals surface area contributed by atoms with Crippen LogP contribution in [0.4, 0.5) is 0 Å². The molecule has 1 unspecified atom stereocenters. The number of benzene rings is 1. The Morgan fingerprint density at radius 1 is 1.31 bits per heavy atom. The molecule has 0 aliphatic carbocycles. The topological polar surface area (TPSA) is 27.8 Å². The molecule has 0 amide bonds. The van der Waals surface area contributed by atoms with Gasteiger partial charge in [0, 0.05) is 22.6 Å². The minimum Gasteiger partial charge on any atom is -0.357 e. The Labute approximate surface area is 96.1 Å². The van der Waals surface area contributed by atoms with E-state index in [1.165, 1.54) is 35.0 Å². The highest BCUT2D eigenvalue weighted by Crippen LogP contribution is 2.31. The number of nitrogens with one attached hydrogen (secondary N) is 2. The lowest BCUT2D eigenvalue weighted by atomic mass is 9.97. The van der Waals surface area contributed by atoms with Gasteiger partial charge in [-0.15, -0.1) is 0 Å². The molecule has 2 nitrogen and oxygen atoms in total. The van der Waals surface area contributed by atoms with E-state index >= 15 is 0 Å². The summed E-state index contributed by atoms with van der Waals surface area (Å²) in [6.45, 7) is 3.36. The van der Waals surface area contributed by atoms with Gasteiger partial charge >= 0.3 is 0 Å². The van der Waals surface area contributed by atoms with Crippen LogP contribution >= 0.6 is 0 Å². The quantitative estimate of drug-likeness (QED) is 0.789. The first-order chi connectivity index (χ1) is 7.90. The van der Waals surface area contributed by atoms with E-state index in [-0.39, 0.29) is 0 Å². The van der Waals surface area contributed by atoms with Crippen molar-refractivity contribution in [2.45, 2.75) is 32.2 Å². The van der Waals surface area contributed by atoms with Crippen molar-refractivity contribution in [1.82, 2.24) is 10.3 Å². The summed E-state index contributed by atoms with van der Waals surface area (Å²) >= 11 is 0. The minimum absolute atomic E-state index is 0.529. The number of H-pyrrole nitrogens is 1. The Morgan fingerprint density at radius 2 is 2.19 bits per heavy atom. The molecule has 0 saturated carbocycles. The summed E-state index contributed by atoms with van der Waals surface area (Å²) in [7, 11) is 0. The monoisotopic (exact) mass is 214 g/mol. The highest BCUT2D eigenvalue weighted by molar-refractivity contribution is 5.85. The van der Waals surface area contributed by atoms with Crippen LogP contribution in [0.5, 0.6) is 0 Å². The Morgan fingerprint density at radius 3 is 3.06 bits per heavy atom. The predicted molar refractivity (Wildman–Crippen MR) is 67.7 cm³/mol. The lowest BCUT2D eigenvalue weighted by Gasteiger charge is -2.23. The van der Waals surface area contributed by atoms with Crippen molar-refractivity contribution in [2.24, 2.45) is 0 Å². The second-order valence-electron chi connectivity index (χ2n) is 4.61. The highest BCUT2D eigenvalue weighted by atomic mass is 15.0. The van der Waals surface area contributed by atoms with Crippen molar-refractivity contribution < 1.29 is 0 Å². The van der Waals surface area contributed by atoms with Gasteiger partial charge in [-0.1, -0.05) is 31.5 Å². The van der Waals surface area contributed by atoms with Gasteiger partial charge in [0.25, 0.3) is 0 Å². The molecule has 2 N–H and O–H groups in total. The van der Waals surface area contributed by atoms with Gasteiger partial charge in [-0.3, -0.25) is 0 Å². The molecule has 2 heterocycles. The Bertz CT molecular complexity index is 498. The van der Waals surface area contributed by atoms with Gasteiger partial charge < -0.3 is 10.3 Å². The van der Waals surface area contributed by atoms with Crippen LogP contribution in [0, 0.1) is 0 Å². The Balaban J connectivity index is 2.13. The summed E-state index contributed by atoms with van der Waals surface area (Å²) in [5.41, 5.74) is 4.25. The molecule has 2 aromatic rings. The van der Waals surface area contributed by atoms with Crippen molar-refractivity contribution in [3.8, 4) is 0 Å². The van der Waals surface area contributed by atoms with Crippen LogP contribution in [0.1, 0.15) is 37.1 Å². The second kappa shape index (κ2) is 3.95. The zero-order chi connectivity index (χ0) is 11.0. The van der Waals surface area contributed by atoms with E-state index in [1.54, 1.807) is 0 Å². The molecule has 84 valence electrons. The Kier molecular flexibility index (Phi) is 2.44. The molecule has 1 atom stereocenters. The third-order valence-corrected chi connectivity index (χ3v) is 3.54. The number of hydrogen-bond donors (Lipinski definition) is 2. The summed E-state index contributed by atoms with van der Waals surface area (Å²) in [5.74, 6) is 0. The van der Waals surface area contributed by atoms with Gasteiger partial charge in [-0.25, -0.2) is 0 Å². The van der Waals surface area contributed by atoms with Crippen molar-refractivity contribution in [3.63, 3.8) is 0 Å². The lowest BCUT2D eigenvalue weighted by Crippen LogP contribution is -2.29. The molecular formula is C14H18N2. The number of para-hydroxylation sites is 1. The summed E-state index contributed by atoms with van der Waals surface area (Å²) in [6, 6.07) is 9.18. The van der Waals surface area contributed by atoms with Gasteiger partial charge in [-0.05, 0) is 31.0 Å². The molecule has 0 spiro atoms. The van der Waals surface area contributed by atoms with Crippen LogP contribution in [0.3, 0.4) is 0 Å². The average Bonchev–Trinajstić information content (AvgIpc) is 2.69. The maximum absolute atomic E-state index is 3.61. The van der Waals surface area contributed by atoms with Crippen LogP contribution in [0.2, 0.25) is 0 Å². The second-order valence-corrected chi connectivity index (χ2v) is 4.61. The fourth-order valence-electron chi connectivity index (χ4n) is 2.80. The lowest BCUT2D eigenvalue weighted by molar-refractivity contribution is 0.464. The molecule has 0 bridgehead atoms. The smallest absolute Gasteiger partial charge is 0.0476 e. The largest absolute Gasteiger partial charge is 0.357 e. The molecule has 0 radical (unpaired) electrons. The maximum Gasteiger partial charge on any atom is 0.0476 e. The standard InChI is InChI=1S/C14H18N2/c1-2-5-13-14-11(8-9-15-13)10-6-3-4-7-12(10)16-14/h3-4,6-7,13,15-16H,2,5,8-9H2,1H3. The first-order valence-corrected chi connectivity index (χ1v) is 6.23.